The van der Waals surface area contributed by atoms with Gasteiger partial charge in [-0.1, -0.05) is 27.5 Å². The highest BCUT2D eigenvalue weighted by Gasteiger charge is 2.13. The molecule has 1 heterocycles. The first kappa shape index (κ1) is 10.8. The van der Waals surface area contributed by atoms with Gasteiger partial charge in [-0.2, -0.15) is 0 Å². The summed E-state index contributed by atoms with van der Waals surface area (Å²) < 4.78 is 24.9. The van der Waals surface area contributed by atoms with Gasteiger partial charge in [0.25, 0.3) is 6.43 Å². The third kappa shape index (κ3) is 1.99. The first-order valence-corrected chi connectivity index (χ1v) is 5.64. The van der Waals surface area contributed by atoms with E-state index in [-0.39, 0.29) is 10.6 Å². The van der Waals surface area contributed by atoms with Gasteiger partial charge in [0.2, 0.25) is 0 Å². The number of rotatable bonds is 2. The van der Waals surface area contributed by atoms with Crippen molar-refractivity contribution in [1.29, 1.82) is 0 Å². The first-order valence-electron chi connectivity index (χ1n) is 4.14. The average Bonchev–Trinajstić information content (AvgIpc) is 2.61. The third-order valence-corrected chi connectivity index (χ3v) is 2.81. The van der Waals surface area contributed by atoms with Crippen LogP contribution >= 0.6 is 27.5 Å². The molecule has 2 nitrogen and oxygen atoms in total. The Morgan fingerprint density at radius 1 is 1.47 bits per heavy atom. The van der Waals surface area contributed by atoms with Crippen molar-refractivity contribution < 1.29 is 8.78 Å². The monoisotopic (exact) mass is 294 g/mol. The highest BCUT2D eigenvalue weighted by Crippen LogP contribution is 2.29. The topological polar surface area (TPSA) is 28.7 Å². The third-order valence-electron chi connectivity index (χ3n) is 1.99. The number of hydrogen-bond acceptors (Lipinski definition) is 1. The van der Waals surface area contributed by atoms with E-state index in [1.165, 1.54) is 12.1 Å². The molecule has 2 rings (SSSR count). The van der Waals surface area contributed by atoms with Gasteiger partial charge in [-0.3, -0.25) is 0 Å². The molecular weight excluding hydrogens is 289 g/mol. The van der Waals surface area contributed by atoms with E-state index in [2.05, 4.69) is 25.9 Å². The number of benzene rings is 1. The second-order valence-corrected chi connectivity index (χ2v) is 3.98. The number of fused-ring (bicyclic) bond motifs is 1. The zero-order chi connectivity index (χ0) is 11.0. The molecule has 1 aromatic heterocycles. The molecule has 1 N–H and O–H groups in total. The molecule has 80 valence electrons. The minimum absolute atomic E-state index is 0.0997. The maximum Gasteiger partial charge on any atom is 0.263 e. The van der Waals surface area contributed by atoms with Crippen LogP contribution in [-0.2, 0) is 5.33 Å². The molecule has 0 amide bonds. The van der Waals surface area contributed by atoms with Gasteiger partial charge in [-0.15, -0.1) is 0 Å². The number of imidazole rings is 1. The summed E-state index contributed by atoms with van der Waals surface area (Å²) in [5.74, 6) is 0.665. The lowest BCUT2D eigenvalue weighted by molar-refractivity contribution is 0.151. The van der Waals surface area contributed by atoms with Gasteiger partial charge in [0.1, 0.15) is 11.3 Å². The fourth-order valence-corrected chi connectivity index (χ4v) is 1.87. The van der Waals surface area contributed by atoms with Crippen LogP contribution in [0.3, 0.4) is 0 Å². The van der Waals surface area contributed by atoms with Crippen LogP contribution in [0.1, 0.15) is 17.8 Å². The van der Waals surface area contributed by atoms with Crippen molar-refractivity contribution in [1.82, 2.24) is 9.97 Å². The van der Waals surface area contributed by atoms with Crippen molar-refractivity contribution in [2.24, 2.45) is 0 Å². The molecule has 0 saturated heterocycles. The van der Waals surface area contributed by atoms with Gasteiger partial charge >= 0.3 is 0 Å². The molecule has 0 aliphatic carbocycles. The van der Waals surface area contributed by atoms with E-state index < -0.39 is 6.43 Å². The predicted octanol–water partition coefficient (Wildman–Crippen LogP) is 4.05. The summed E-state index contributed by atoms with van der Waals surface area (Å²) in [6.45, 7) is 0. The van der Waals surface area contributed by atoms with Crippen molar-refractivity contribution in [2.45, 2.75) is 11.8 Å². The van der Waals surface area contributed by atoms with E-state index in [4.69, 9.17) is 11.6 Å². The van der Waals surface area contributed by atoms with E-state index in [0.717, 1.165) is 0 Å². The Balaban J connectivity index is 2.65. The molecule has 0 radical (unpaired) electrons. The Morgan fingerprint density at radius 2 is 2.20 bits per heavy atom. The largest absolute Gasteiger partial charge is 0.341 e. The van der Waals surface area contributed by atoms with Crippen molar-refractivity contribution in [3.8, 4) is 0 Å². The minimum Gasteiger partial charge on any atom is -0.341 e. The normalized spacial score (nSPS) is 11.5. The minimum atomic E-state index is -2.53. The highest BCUT2D eigenvalue weighted by atomic mass is 79.9. The number of aromatic amines is 1. The fraction of sp³-hybridized carbons (Fsp3) is 0.222. The summed E-state index contributed by atoms with van der Waals surface area (Å²) in [5, 5.41) is 0.772. The molecule has 0 bridgehead atoms. The molecule has 0 unspecified atom stereocenters. The summed E-state index contributed by atoms with van der Waals surface area (Å²) in [6, 6.07) is 2.61. The number of halogens is 4. The lowest BCUT2D eigenvalue weighted by Crippen LogP contribution is -1.84. The van der Waals surface area contributed by atoms with Gasteiger partial charge in [0.05, 0.1) is 15.9 Å². The molecule has 0 aliphatic rings. The van der Waals surface area contributed by atoms with Gasteiger partial charge in [0, 0.05) is 5.56 Å². The number of alkyl halides is 3. The molecular formula is C9H6BrClF2N2. The van der Waals surface area contributed by atoms with Gasteiger partial charge in [0.15, 0.2) is 0 Å². The molecule has 15 heavy (non-hydrogen) atoms. The molecule has 6 heteroatoms. The smallest absolute Gasteiger partial charge is 0.263 e. The van der Waals surface area contributed by atoms with Crippen LogP contribution < -0.4 is 0 Å². The van der Waals surface area contributed by atoms with E-state index >= 15 is 0 Å². The van der Waals surface area contributed by atoms with Crippen LogP contribution in [0.4, 0.5) is 8.78 Å². The Morgan fingerprint density at radius 3 is 2.80 bits per heavy atom. The molecule has 0 aliphatic heterocycles. The standard InChI is InChI=1S/C9H6BrClF2N2/c10-3-7-14-6-2-4(9(12)13)1-5(11)8(6)15-7/h1-2,9H,3H2,(H,14,15). The number of nitrogens with one attached hydrogen (secondary N) is 1. The molecule has 0 spiro atoms. The Bertz CT molecular complexity index is 498. The van der Waals surface area contributed by atoms with Crippen LogP contribution in [0.5, 0.6) is 0 Å². The van der Waals surface area contributed by atoms with Crippen LogP contribution in [0, 0.1) is 0 Å². The first-order chi connectivity index (χ1) is 7.11. The summed E-state index contributed by atoms with van der Waals surface area (Å²) in [7, 11) is 0. The predicted molar refractivity (Wildman–Crippen MR) is 58.7 cm³/mol. The fourth-order valence-electron chi connectivity index (χ4n) is 1.34. The quantitative estimate of drug-likeness (QED) is 0.832. The Kier molecular flexibility index (Phi) is 2.93. The average molecular weight is 296 g/mol. The number of H-pyrrole nitrogens is 1. The maximum absolute atomic E-state index is 12.5. The molecule has 0 fully saturated rings. The van der Waals surface area contributed by atoms with Crippen LogP contribution in [0.15, 0.2) is 12.1 Å². The maximum atomic E-state index is 12.5. The molecule has 0 atom stereocenters. The molecule has 0 saturated carbocycles. The van der Waals surface area contributed by atoms with E-state index in [0.29, 0.717) is 22.2 Å². The number of aromatic nitrogens is 2. The van der Waals surface area contributed by atoms with E-state index in [9.17, 15) is 8.78 Å². The van der Waals surface area contributed by atoms with Crippen LogP contribution in [0.2, 0.25) is 5.02 Å². The zero-order valence-corrected chi connectivity index (χ0v) is 9.74. The second kappa shape index (κ2) is 4.06. The van der Waals surface area contributed by atoms with E-state index in [1.54, 1.807) is 0 Å². The summed E-state index contributed by atoms with van der Waals surface area (Å²) in [5.41, 5.74) is 0.958. The zero-order valence-electron chi connectivity index (χ0n) is 7.40. The van der Waals surface area contributed by atoms with Gasteiger partial charge < -0.3 is 4.98 Å². The Hall–Kier alpha value is -0.680. The summed E-state index contributed by atoms with van der Waals surface area (Å²) in [4.78, 5) is 7.06. The van der Waals surface area contributed by atoms with Crippen LogP contribution in [0.25, 0.3) is 11.0 Å². The molecule has 1 aromatic carbocycles. The van der Waals surface area contributed by atoms with Gasteiger partial charge in [-0.05, 0) is 12.1 Å². The van der Waals surface area contributed by atoms with Crippen molar-refractivity contribution >= 4 is 38.6 Å². The van der Waals surface area contributed by atoms with Gasteiger partial charge in [-0.25, -0.2) is 13.8 Å². The summed E-state index contributed by atoms with van der Waals surface area (Å²) >= 11 is 9.07. The van der Waals surface area contributed by atoms with Crippen molar-refractivity contribution in [3.05, 3.63) is 28.5 Å². The molecule has 2 aromatic rings. The van der Waals surface area contributed by atoms with E-state index in [1.807, 2.05) is 0 Å². The Labute approximate surface area is 97.8 Å². The summed E-state index contributed by atoms with van der Waals surface area (Å²) in [6.07, 6.45) is -2.53. The highest BCUT2D eigenvalue weighted by molar-refractivity contribution is 9.08. The SMILES string of the molecule is FC(F)c1cc(Cl)c2nc(CBr)[nH]c2c1. The van der Waals surface area contributed by atoms with Crippen LogP contribution in [-0.4, -0.2) is 9.97 Å². The number of hydrogen-bond donors (Lipinski definition) is 1. The number of nitrogens with zero attached hydrogens (tertiary/aromatic N) is 1. The lowest BCUT2D eigenvalue weighted by atomic mass is 10.2. The van der Waals surface area contributed by atoms with Crippen molar-refractivity contribution in [3.63, 3.8) is 0 Å². The second-order valence-electron chi connectivity index (χ2n) is 3.02. The lowest BCUT2D eigenvalue weighted by Gasteiger charge is -2.00. The van der Waals surface area contributed by atoms with Crippen molar-refractivity contribution in [2.75, 3.05) is 0 Å².